The number of terminal acetylenes is 1. The van der Waals surface area contributed by atoms with Gasteiger partial charge in [0, 0.05) is 12.1 Å². The van der Waals surface area contributed by atoms with Crippen molar-refractivity contribution in [1.82, 2.24) is 5.32 Å². The summed E-state index contributed by atoms with van der Waals surface area (Å²) >= 11 is 0. The van der Waals surface area contributed by atoms with E-state index in [1.165, 1.54) is 6.07 Å². The predicted molar refractivity (Wildman–Crippen MR) is 63.9 cm³/mol. The molecular weight excluding hydrogens is 201 g/mol. The van der Waals surface area contributed by atoms with Crippen molar-refractivity contribution in [1.29, 1.82) is 0 Å². The highest BCUT2D eigenvalue weighted by Crippen LogP contribution is 2.08. The van der Waals surface area contributed by atoms with Crippen LogP contribution in [0.1, 0.15) is 19.4 Å². The summed E-state index contributed by atoms with van der Waals surface area (Å²) in [5.41, 5.74) is 0.201. The Balaban J connectivity index is 2.65. The highest BCUT2D eigenvalue weighted by Gasteiger charge is 2.13. The van der Waals surface area contributed by atoms with E-state index in [1.54, 1.807) is 18.2 Å². The first-order valence-electron chi connectivity index (χ1n) is 5.01. The lowest BCUT2D eigenvalue weighted by Gasteiger charge is -2.19. The monoisotopic (exact) mass is 215 g/mol. The number of halogens is 1. The molecule has 0 atom stereocenters. The van der Waals surface area contributed by atoms with Crippen molar-refractivity contribution in [3.8, 4) is 24.2 Å². The molecule has 1 nitrogen and oxygen atoms in total. The van der Waals surface area contributed by atoms with Crippen LogP contribution in [0.4, 0.5) is 4.39 Å². The molecule has 1 aromatic rings. The van der Waals surface area contributed by atoms with Gasteiger partial charge in [-0.15, -0.1) is 6.42 Å². The molecule has 2 heteroatoms. The first-order chi connectivity index (χ1) is 7.55. The zero-order valence-corrected chi connectivity index (χ0v) is 9.47. The average Bonchev–Trinajstić information content (AvgIpc) is 2.26. The van der Waals surface area contributed by atoms with Gasteiger partial charge in [-0.1, -0.05) is 24.1 Å². The number of nitrogens with one attached hydrogen (secondary N) is 1. The van der Waals surface area contributed by atoms with Crippen molar-refractivity contribution in [2.75, 3.05) is 0 Å². The van der Waals surface area contributed by atoms with E-state index in [0.29, 0.717) is 12.1 Å². The van der Waals surface area contributed by atoms with E-state index in [1.807, 2.05) is 13.8 Å². The van der Waals surface area contributed by atoms with Crippen LogP contribution in [0.3, 0.4) is 0 Å². The lowest BCUT2D eigenvalue weighted by molar-refractivity contribution is 0.479. The molecule has 1 N–H and O–H groups in total. The molecule has 0 fully saturated rings. The highest BCUT2D eigenvalue weighted by molar-refractivity contribution is 5.27. The van der Waals surface area contributed by atoms with Crippen molar-refractivity contribution in [3.05, 3.63) is 35.6 Å². The smallest absolute Gasteiger partial charge is 0.127 e. The Labute approximate surface area is 96.1 Å². The Kier molecular flexibility index (Phi) is 4.11. The van der Waals surface area contributed by atoms with Gasteiger partial charge in [-0.25, -0.2) is 4.39 Å². The Hall–Kier alpha value is -1.77. The van der Waals surface area contributed by atoms with Crippen LogP contribution in [0.25, 0.3) is 0 Å². The molecular formula is C14H14FN. The second-order valence-corrected chi connectivity index (χ2v) is 3.96. The fraction of sp³-hybridized carbons (Fsp3) is 0.286. The molecule has 0 aromatic heterocycles. The summed E-state index contributed by atoms with van der Waals surface area (Å²) < 4.78 is 13.3. The zero-order chi connectivity index (χ0) is 12.0. The van der Waals surface area contributed by atoms with Crippen LogP contribution >= 0.6 is 0 Å². The number of hydrogen-bond acceptors (Lipinski definition) is 1. The number of rotatable bonds is 3. The van der Waals surface area contributed by atoms with Crippen molar-refractivity contribution in [3.63, 3.8) is 0 Å². The minimum Gasteiger partial charge on any atom is -0.297 e. The molecule has 82 valence electrons. The fourth-order valence-electron chi connectivity index (χ4n) is 1.19. The third-order valence-corrected chi connectivity index (χ3v) is 2.13. The standard InChI is InChI=1S/C14H14FN/c1-4-5-10-14(2,3)16-11-12-8-6-7-9-13(12)15/h1,6-9,16H,11H2,2-3H3. The van der Waals surface area contributed by atoms with E-state index in [2.05, 4.69) is 23.1 Å². The molecule has 0 radical (unpaired) electrons. The zero-order valence-electron chi connectivity index (χ0n) is 9.47. The van der Waals surface area contributed by atoms with Crippen LogP contribution in [0.15, 0.2) is 24.3 Å². The van der Waals surface area contributed by atoms with Gasteiger partial charge in [0.1, 0.15) is 5.82 Å². The maximum Gasteiger partial charge on any atom is 0.127 e. The van der Waals surface area contributed by atoms with Crippen molar-refractivity contribution >= 4 is 0 Å². The molecule has 0 bridgehead atoms. The van der Waals surface area contributed by atoms with Gasteiger partial charge in [-0.2, -0.15) is 0 Å². The van der Waals surface area contributed by atoms with Gasteiger partial charge in [0.15, 0.2) is 0 Å². The minimum atomic E-state index is -0.422. The summed E-state index contributed by atoms with van der Waals surface area (Å²) in [4.78, 5) is 0. The topological polar surface area (TPSA) is 12.0 Å². The fourth-order valence-corrected chi connectivity index (χ4v) is 1.19. The molecule has 0 aliphatic rings. The van der Waals surface area contributed by atoms with Gasteiger partial charge in [0.05, 0.1) is 5.54 Å². The minimum absolute atomic E-state index is 0.212. The van der Waals surface area contributed by atoms with E-state index < -0.39 is 5.54 Å². The number of hydrogen-bond donors (Lipinski definition) is 1. The lowest BCUT2D eigenvalue weighted by atomic mass is 10.1. The summed E-state index contributed by atoms with van der Waals surface area (Å²) in [6, 6.07) is 6.66. The third kappa shape index (κ3) is 3.77. The van der Waals surface area contributed by atoms with Crippen LogP contribution in [0.5, 0.6) is 0 Å². The van der Waals surface area contributed by atoms with Gasteiger partial charge in [-0.05, 0) is 31.8 Å². The Morgan fingerprint density at radius 3 is 2.69 bits per heavy atom. The average molecular weight is 215 g/mol. The van der Waals surface area contributed by atoms with Gasteiger partial charge >= 0.3 is 0 Å². The number of benzene rings is 1. The lowest BCUT2D eigenvalue weighted by Crippen LogP contribution is -2.37. The first kappa shape index (κ1) is 12.3. The second kappa shape index (κ2) is 5.35. The van der Waals surface area contributed by atoms with E-state index in [4.69, 9.17) is 6.42 Å². The molecule has 0 aliphatic carbocycles. The maximum absolute atomic E-state index is 13.3. The first-order valence-corrected chi connectivity index (χ1v) is 5.01. The summed E-state index contributed by atoms with van der Waals surface area (Å²) in [5, 5.41) is 3.14. The SMILES string of the molecule is C#CC#CC(C)(C)NCc1ccccc1F. The molecule has 0 aliphatic heterocycles. The molecule has 0 amide bonds. The molecule has 1 rings (SSSR count). The molecule has 0 unspecified atom stereocenters. The molecule has 16 heavy (non-hydrogen) atoms. The van der Waals surface area contributed by atoms with Crippen molar-refractivity contribution in [2.45, 2.75) is 25.9 Å². The van der Waals surface area contributed by atoms with Crippen LogP contribution in [0.2, 0.25) is 0 Å². The summed E-state index contributed by atoms with van der Waals surface area (Å²) in [7, 11) is 0. The Morgan fingerprint density at radius 1 is 1.38 bits per heavy atom. The van der Waals surface area contributed by atoms with Crippen molar-refractivity contribution < 1.29 is 4.39 Å². The van der Waals surface area contributed by atoms with Crippen LogP contribution in [-0.2, 0) is 6.54 Å². The summed E-state index contributed by atoms with van der Waals surface area (Å²) in [5.74, 6) is 7.49. The Bertz CT molecular complexity index is 458. The summed E-state index contributed by atoms with van der Waals surface area (Å²) in [6.07, 6.45) is 5.06. The third-order valence-electron chi connectivity index (χ3n) is 2.13. The predicted octanol–water partition coefficient (Wildman–Crippen LogP) is 2.33. The largest absolute Gasteiger partial charge is 0.297 e. The van der Waals surface area contributed by atoms with E-state index in [0.717, 1.165) is 0 Å². The van der Waals surface area contributed by atoms with Crippen molar-refractivity contribution in [2.24, 2.45) is 0 Å². The molecule has 0 saturated heterocycles. The summed E-state index contributed by atoms with van der Waals surface area (Å²) in [6.45, 7) is 4.23. The highest BCUT2D eigenvalue weighted by atomic mass is 19.1. The second-order valence-electron chi connectivity index (χ2n) is 3.96. The van der Waals surface area contributed by atoms with Crippen LogP contribution in [-0.4, -0.2) is 5.54 Å². The molecule has 0 spiro atoms. The van der Waals surface area contributed by atoms with E-state index >= 15 is 0 Å². The normalized spacial score (nSPS) is 10.1. The van der Waals surface area contributed by atoms with Crippen LogP contribution in [0, 0.1) is 30.0 Å². The molecule has 0 saturated carbocycles. The molecule has 0 heterocycles. The van der Waals surface area contributed by atoms with Gasteiger partial charge in [0.2, 0.25) is 0 Å². The quantitative estimate of drug-likeness (QED) is 0.763. The maximum atomic E-state index is 13.3. The molecule has 1 aromatic carbocycles. The van der Waals surface area contributed by atoms with E-state index in [-0.39, 0.29) is 5.82 Å². The van der Waals surface area contributed by atoms with Gasteiger partial charge in [-0.3, -0.25) is 5.32 Å². The van der Waals surface area contributed by atoms with Gasteiger partial charge in [0.25, 0.3) is 0 Å². The van der Waals surface area contributed by atoms with Crippen LogP contribution < -0.4 is 5.32 Å². The Morgan fingerprint density at radius 2 is 2.06 bits per heavy atom. The van der Waals surface area contributed by atoms with E-state index in [9.17, 15) is 4.39 Å². The van der Waals surface area contributed by atoms with Gasteiger partial charge < -0.3 is 0 Å².